The summed E-state index contributed by atoms with van der Waals surface area (Å²) in [6, 6.07) is 6.64. The van der Waals surface area contributed by atoms with Gasteiger partial charge in [0.15, 0.2) is 0 Å². The summed E-state index contributed by atoms with van der Waals surface area (Å²) in [6.45, 7) is 2.17. The number of nitro benzene ring substituents is 1. The number of non-ortho nitro benzene ring substituents is 1. The molecule has 1 aliphatic rings. The lowest BCUT2D eigenvalue weighted by atomic mass is 10.2. The van der Waals surface area contributed by atoms with E-state index in [9.17, 15) is 15.2 Å². The van der Waals surface area contributed by atoms with Crippen LogP contribution < -0.4 is 0 Å². The first kappa shape index (κ1) is 11.0. The normalized spacial score (nSPS) is 21.2. The number of likely N-dealkylation sites (tertiary alicyclic amines) is 1. The van der Waals surface area contributed by atoms with Gasteiger partial charge in [-0.05, 0) is 12.0 Å². The molecule has 5 nitrogen and oxygen atoms in total. The monoisotopic (exact) mass is 222 g/mol. The Morgan fingerprint density at radius 3 is 3.00 bits per heavy atom. The van der Waals surface area contributed by atoms with E-state index >= 15 is 0 Å². The Hall–Kier alpha value is -1.46. The van der Waals surface area contributed by atoms with Crippen molar-refractivity contribution in [3.05, 3.63) is 39.9 Å². The SMILES string of the molecule is O=[N+]([O-])c1cccc(CN2CCC(O)C2)c1. The highest BCUT2D eigenvalue weighted by atomic mass is 16.6. The molecule has 1 N–H and O–H groups in total. The van der Waals surface area contributed by atoms with Crippen LogP contribution in [-0.4, -0.2) is 34.1 Å². The predicted octanol–water partition coefficient (Wildman–Crippen LogP) is 1.16. The molecule has 1 aliphatic heterocycles. The molecule has 1 atom stereocenters. The fraction of sp³-hybridized carbons (Fsp3) is 0.455. The first-order valence-corrected chi connectivity index (χ1v) is 5.29. The fourth-order valence-electron chi connectivity index (χ4n) is 1.98. The maximum absolute atomic E-state index is 10.6. The first-order chi connectivity index (χ1) is 7.65. The van der Waals surface area contributed by atoms with Crippen LogP contribution in [0.15, 0.2) is 24.3 Å². The standard InChI is InChI=1S/C11H14N2O3/c14-11-4-5-12(8-11)7-9-2-1-3-10(6-9)13(15)16/h1-3,6,11,14H,4-5,7-8H2. The summed E-state index contributed by atoms with van der Waals surface area (Å²) in [4.78, 5) is 12.3. The number of rotatable bonds is 3. The van der Waals surface area contributed by atoms with Gasteiger partial charge in [-0.2, -0.15) is 0 Å². The van der Waals surface area contributed by atoms with Crippen LogP contribution in [0, 0.1) is 10.1 Å². The van der Waals surface area contributed by atoms with E-state index in [1.165, 1.54) is 6.07 Å². The Labute approximate surface area is 93.5 Å². The highest BCUT2D eigenvalue weighted by molar-refractivity contribution is 5.34. The number of hydrogen-bond acceptors (Lipinski definition) is 4. The van der Waals surface area contributed by atoms with E-state index in [1.807, 2.05) is 6.07 Å². The summed E-state index contributed by atoms with van der Waals surface area (Å²) in [5.41, 5.74) is 1.04. The van der Waals surface area contributed by atoms with Crippen molar-refractivity contribution in [3.8, 4) is 0 Å². The first-order valence-electron chi connectivity index (χ1n) is 5.29. The minimum Gasteiger partial charge on any atom is -0.392 e. The molecule has 1 heterocycles. The maximum atomic E-state index is 10.6. The summed E-state index contributed by atoms with van der Waals surface area (Å²) in [7, 11) is 0. The van der Waals surface area contributed by atoms with Crippen LogP contribution >= 0.6 is 0 Å². The highest BCUT2D eigenvalue weighted by Crippen LogP contribution is 2.17. The molecular weight excluding hydrogens is 208 g/mol. The van der Waals surface area contributed by atoms with E-state index in [-0.39, 0.29) is 16.7 Å². The van der Waals surface area contributed by atoms with Crippen LogP contribution in [0.5, 0.6) is 0 Å². The molecule has 2 rings (SSSR count). The van der Waals surface area contributed by atoms with Gasteiger partial charge >= 0.3 is 0 Å². The zero-order valence-electron chi connectivity index (χ0n) is 8.87. The van der Waals surface area contributed by atoms with Crippen LogP contribution in [0.4, 0.5) is 5.69 Å². The second-order valence-corrected chi connectivity index (χ2v) is 4.10. The van der Waals surface area contributed by atoms with Crippen LogP contribution in [0.2, 0.25) is 0 Å². The molecule has 1 aromatic rings. The second kappa shape index (κ2) is 4.59. The van der Waals surface area contributed by atoms with Gasteiger partial charge in [0.25, 0.3) is 5.69 Å². The van der Waals surface area contributed by atoms with Gasteiger partial charge in [0.1, 0.15) is 0 Å². The van der Waals surface area contributed by atoms with Gasteiger partial charge < -0.3 is 5.11 Å². The molecule has 0 amide bonds. The van der Waals surface area contributed by atoms with Crippen molar-refractivity contribution in [2.24, 2.45) is 0 Å². The lowest BCUT2D eigenvalue weighted by molar-refractivity contribution is -0.384. The Balaban J connectivity index is 2.04. The van der Waals surface area contributed by atoms with Crippen LogP contribution in [0.25, 0.3) is 0 Å². The van der Waals surface area contributed by atoms with Gasteiger partial charge in [-0.15, -0.1) is 0 Å². The number of aliphatic hydroxyl groups is 1. The number of benzene rings is 1. The molecule has 1 saturated heterocycles. The molecule has 0 aliphatic carbocycles. The summed E-state index contributed by atoms with van der Waals surface area (Å²) < 4.78 is 0. The van der Waals surface area contributed by atoms with Gasteiger partial charge in [0.2, 0.25) is 0 Å². The molecule has 1 unspecified atom stereocenters. The number of nitro groups is 1. The summed E-state index contributed by atoms with van der Waals surface area (Å²) >= 11 is 0. The van der Waals surface area contributed by atoms with Crippen molar-refractivity contribution in [1.29, 1.82) is 0 Å². The zero-order valence-corrected chi connectivity index (χ0v) is 8.87. The Bertz CT molecular complexity index is 395. The van der Waals surface area contributed by atoms with Crippen molar-refractivity contribution in [2.75, 3.05) is 13.1 Å². The quantitative estimate of drug-likeness (QED) is 0.615. The molecule has 0 radical (unpaired) electrons. The molecule has 5 heteroatoms. The van der Waals surface area contributed by atoms with Gasteiger partial charge in [0, 0.05) is 31.8 Å². The van der Waals surface area contributed by atoms with Crippen molar-refractivity contribution in [3.63, 3.8) is 0 Å². The van der Waals surface area contributed by atoms with Gasteiger partial charge in [-0.3, -0.25) is 15.0 Å². The Morgan fingerprint density at radius 2 is 2.38 bits per heavy atom. The van der Waals surface area contributed by atoms with E-state index in [4.69, 9.17) is 0 Å². The topological polar surface area (TPSA) is 66.6 Å². The van der Waals surface area contributed by atoms with Gasteiger partial charge in [-0.25, -0.2) is 0 Å². The van der Waals surface area contributed by atoms with Crippen LogP contribution in [0.1, 0.15) is 12.0 Å². The molecule has 1 aromatic carbocycles. The van der Waals surface area contributed by atoms with Crippen LogP contribution in [-0.2, 0) is 6.54 Å². The van der Waals surface area contributed by atoms with Crippen molar-refractivity contribution in [2.45, 2.75) is 19.1 Å². The number of aliphatic hydroxyl groups excluding tert-OH is 1. The van der Waals surface area contributed by atoms with Crippen LogP contribution in [0.3, 0.4) is 0 Å². The number of nitrogens with zero attached hydrogens (tertiary/aromatic N) is 2. The molecule has 86 valence electrons. The largest absolute Gasteiger partial charge is 0.392 e. The molecule has 16 heavy (non-hydrogen) atoms. The Kier molecular flexibility index (Phi) is 3.17. The molecule has 0 aromatic heterocycles. The third-order valence-electron chi connectivity index (χ3n) is 2.78. The van der Waals surface area contributed by atoms with Crippen molar-refractivity contribution in [1.82, 2.24) is 4.90 Å². The third-order valence-corrected chi connectivity index (χ3v) is 2.78. The van der Waals surface area contributed by atoms with E-state index in [2.05, 4.69) is 4.90 Å². The van der Waals surface area contributed by atoms with Gasteiger partial charge in [0.05, 0.1) is 11.0 Å². The van der Waals surface area contributed by atoms with E-state index < -0.39 is 0 Å². The summed E-state index contributed by atoms with van der Waals surface area (Å²) in [5, 5.41) is 20.0. The molecule has 0 saturated carbocycles. The zero-order chi connectivity index (χ0) is 11.5. The third kappa shape index (κ3) is 2.56. The summed E-state index contributed by atoms with van der Waals surface area (Å²) in [5.74, 6) is 0. The lowest BCUT2D eigenvalue weighted by Crippen LogP contribution is -2.21. The van der Waals surface area contributed by atoms with E-state index in [0.717, 1.165) is 18.5 Å². The van der Waals surface area contributed by atoms with Crippen molar-refractivity contribution >= 4 is 5.69 Å². The molecule has 0 spiro atoms. The number of β-amino-alcohol motifs (C(OH)–C–C–N with tert-alkyl or cyclic N) is 1. The Morgan fingerprint density at radius 1 is 1.56 bits per heavy atom. The van der Waals surface area contributed by atoms with Gasteiger partial charge in [-0.1, -0.05) is 12.1 Å². The second-order valence-electron chi connectivity index (χ2n) is 4.10. The minimum atomic E-state index is -0.387. The smallest absolute Gasteiger partial charge is 0.269 e. The predicted molar refractivity (Wildman–Crippen MR) is 59.0 cm³/mol. The summed E-state index contributed by atoms with van der Waals surface area (Å²) in [6.07, 6.45) is 0.535. The average molecular weight is 222 g/mol. The maximum Gasteiger partial charge on any atom is 0.269 e. The average Bonchev–Trinajstić information content (AvgIpc) is 2.64. The lowest BCUT2D eigenvalue weighted by Gasteiger charge is -2.14. The fourth-order valence-corrected chi connectivity index (χ4v) is 1.98. The molecular formula is C11H14N2O3. The van der Waals surface area contributed by atoms with Crippen molar-refractivity contribution < 1.29 is 10.0 Å². The number of hydrogen-bond donors (Lipinski definition) is 1. The minimum absolute atomic E-state index is 0.122. The highest BCUT2D eigenvalue weighted by Gasteiger charge is 2.20. The molecule has 1 fully saturated rings. The van der Waals surface area contributed by atoms with E-state index in [0.29, 0.717) is 13.1 Å². The molecule has 0 bridgehead atoms. The van der Waals surface area contributed by atoms with E-state index in [1.54, 1.807) is 12.1 Å².